The van der Waals surface area contributed by atoms with E-state index in [2.05, 4.69) is 0 Å². The number of carbonyl (C=O) groups is 1. The average Bonchev–Trinajstić information content (AvgIpc) is 2.37. The summed E-state index contributed by atoms with van der Waals surface area (Å²) < 4.78 is 0. The summed E-state index contributed by atoms with van der Waals surface area (Å²) in [7, 11) is 0. The minimum atomic E-state index is -3.18. The zero-order valence-electron chi connectivity index (χ0n) is 10.3. The van der Waals surface area contributed by atoms with Crippen molar-refractivity contribution < 1.29 is 19.9 Å². The number of benzene rings is 1. The Bertz CT molecular complexity index is 509. The monoisotopic (exact) mass is 322 g/mol. The number of hydrogen-bond acceptors (Lipinski definition) is 5. The van der Waals surface area contributed by atoms with Crippen molar-refractivity contribution in [2.45, 2.75) is 23.2 Å². The van der Waals surface area contributed by atoms with Crippen molar-refractivity contribution in [1.82, 2.24) is 5.32 Å². The summed E-state index contributed by atoms with van der Waals surface area (Å²) in [4.78, 5) is 20.1. The third-order valence-corrected chi connectivity index (χ3v) is 3.27. The molecule has 1 rings (SSSR count). The van der Waals surface area contributed by atoms with Crippen molar-refractivity contribution >= 4 is 29.1 Å². The topological polar surface area (TPSA) is 113 Å². The maximum Gasteiger partial charge on any atom is 0.325 e. The number of hydrogen-bond donors (Lipinski definition) is 3. The number of aliphatic hydroxyl groups is 2. The summed E-state index contributed by atoms with van der Waals surface area (Å²) in [6.45, 7) is 0.958. The molecule has 1 atom stereocenters. The van der Waals surface area contributed by atoms with Crippen LogP contribution in [-0.2, 0) is 10.3 Å². The maximum atomic E-state index is 11.3. The van der Waals surface area contributed by atoms with E-state index in [-0.39, 0.29) is 5.56 Å². The Balaban J connectivity index is 3.26. The lowest BCUT2D eigenvalue weighted by molar-refractivity contribution is -0.620. The van der Waals surface area contributed by atoms with E-state index >= 15 is 0 Å². The van der Waals surface area contributed by atoms with E-state index in [9.17, 15) is 25.1 Å². The number of alkyl halides is 2. The van der Waals surface area contributed by atoms with E-state index in [1.54, 1.807) is 11.4 Å². The van der Waals surface area contributed by atoms with Gasteiger partial charge in [-0.15, -0.1) is 0 Å². The zero-order chi connectivity index (χ0) is 15.6. The first kappa shape index (κ1) is 16.6. The lowest BCUT2D eigenvalue weighted by Gasteiger charge is -2.34. The van der Waals surface area contributed by atoms with Gasteiger partial charge < -0.3 is 10.2 Å². The normalized spacial score (nSPS) is 14.7. The molecule has 0 aliphatic rings. The van der Waals surface area contributed by atoms with Crippen LogP contribution in [0.4, 0.5) is 0 Å². The molecule has 0 saturated heterocycles. The number of carbonyl (C=O) groups excluding carboxylic acids is 1. The van der Waals surface area contributed by atoms with Gasteiger partial charge in [0.15, 0.2) is 4.84 Å². The summed E-state index contributed by atoms with van der Waals surface area (Å²) in [6.07, 6.45) is 0. The summed E-state index contributed by atoms with van der Waals surface area (Å²) in [6, 6.07) is 7.23. The maximum absolute atomic E-state index is 11.3. The van der Waals surface area contributed by atoms with Gasteiger partial charge in [0, 0.05) is 17.4 Å². The van der Waals surface area contributed by atoms with E-state index in [0.29, 0.717) is 0 Å². The molecule has 0 heterocycles. The fourth-order valence-electron chi connectivity index (χ4n) is 1.54. The SMILES string of the molecule is CC(c1ccccc1)([N+](=O)[O-])C(O)(O)NC(=O)C(Cl)Cl. The van der Waals surface area contributed by atoms with Crippen LogP contribution in [0.2, 0.25) is 0 Å². The quantitative estimate of drug-likeness (QED) is 0.320. The Hall–Kier alpha value is -1.41. The van der Waals surface area contributed by atoms with Crippen LogP contribution in [0.3, 0.4) is 0 Å². The second-order valence-corrected chi connectivity index (χ2v) is 5.25. The highest BCUT2D eigenvalue weighted by atomic mass is 35.5. The highest BCUT2D eigenvalue weighted by Gasteiger charge is 2.59. The van der Waals surface area contributed by atoms with Crippen molar-refractivity contribution in [3.05, 3.63) is 46.0 Å². The summed E-state index contributed by atoms with van der Waals surface area (Å²) in [5, 5.41) is 32.8. The van der Waals surface area contributed by atoms with E-state index < -0.39 is 27.1 Å². The number of amides is 1. The van der Waals surface area contributed by atoms with Gasteiger partial charge in [0.05, 0.1) is 0 Å². The van der Waals surface area contributed by atoms with Crippen LogP contribution in [0, 0.1) is 10.1 Å². The Morgan fingerprint density at radius 1 is 1.35 bits per heavy atom. The average molecular weight is 323 g/mol. The minimum absolute atomic E-state index is 0.0176. The van der Waals surface area contributed by atoms with Crippen LogP contribution >= 0.6 is 23.2 Å². The van der Waals surface area contributed by atoms with Crippen LogP contribution < -0.4 is 5.32 Å². The molecular formula is C11H12Cl2N2O5. The molecule has 20 heavy (non-hydrogen) atoms. The molecule has 1 unspecified atom stereocenters. The fraction of sp³-hybridized carbons (Fsp3) is 0.364. The van der Waals surface area contributed by atoms with Gasteiger partial charge in [-0.1, -0.05) is 53.5 Å². The molecule has 0 saturated carbocycles. The van der Waals surface area contributed by atoms with Crippen LogP contribution in [0.5, 0.6) is 0 Å². The molecule has 0 fully saturated rings. The van der Waals surface area contributed by atoms with Gasteiger partial charge in [0.2, 0.25) is 0 Å². The molecule has 9 heteroatoms. The standard InChI is InChI=1S/C11H12Cl2N2O5/c1-10(15(19)20,7-5-3-2-4-6-7)11(17,18)14-9(16)8(12)13/h2-6,8,17-18H,1H3,(H,14,16). The molecule has 0 radical (unpaired) electrons. The largest absolute Gasteiger partial charge is 0.343 e. The van der Waals surface area contributed by atoms with Crippen LogP contribution in [0.1, 0.15) is 12.5 Å². The van der Waals surface area contributed by atoms with Gasteiger partial charge in [-0.3, -0.25) is 20.2 Å². The van der Waals surface area contributed by atoms with Gasteiger partial charge in [0.1, 0.15) is 0 Å². The summed E-state index contributed by atoms with van der Waals surface area (Å²) >= 11 is 10.5. The first-order valence-corrected chi connectivity index (χ1v) is 6.25. The highest BCUT2D eigenvalue weighted by molar-refractivity contribution is 6.53. The van der Waals surface area contributed by atoms with Gasteiger partial charge in [-0.25, -0.2) is 0 Å². The smallest absolute Gasteiger partial charge is 0.325 e. The Morgan fingerprint density at radius 2 is 1.85 bits per heavy atom. The Morgan fingerprint density at radius 3 is 2.25 bits per heavy atom. The van der Waals surface area contributed by atoms with Crippen LogP contribution in [0.25, 0.3) is 0 Å². The predicted octanol–water partition coefficient (Wildman–Crippen LogP) is 0.737. The third kappa shape index (κ3) is 3.01. The number of rotatable bonds is 5. The second-order valence-electron chi connectivity index (χ2n) is 4.16. The lowest BCUT2D eigenvalue weighted by Crippen LogP contribution is -2.65. The number of nitrogens with one attached hydrogen (secondary N) is 1. The van der Waals surface area contributed by atoms with Crippen LogP contribution in [-0.4, -0.2) is 31.8 Å². The molecule has 3 N–H and O–H groups in total. The van der Waals surface area contributed by atoms with E-state index in [1.807, 2.05) is 0 Å². The lowest BCUT2D eigenvalue weighted by atomic mass is 9.88. The molecule has 1 aromatic carbocycles. The van der Waals surface area contributed by atoms with E-state index in [1.165, 1.54) is 24.3 Å². The minimum Gasteiger partial charge on any atom is -0.343 e. The number of halogens is 2. The number of nitrogens with zero attached hydrogens (tertiary/aromatic N) is 1. The Labute approximate surface area is 124 Å². The summed E-state index contributed by atoms with van der Waals surface area (Å²) in [5.74, 6) is -4.35. The van der Waals surface area contributed by atoms with Crippen molar-refractivity contribution in [3.8, 4) is 0 Å². The zero-order valence-corrected chi connectivity index (χ0v) is 11.8. The van der Waals surface area contributed by atoms with Crippen LogP contribution in [0.15, 0.2) is 30.3 Å². The molecule has 1 amide bonds. The molecule has 0 aromatic heterocycles. The number of nitro groups is 1. The van der Waals surface area contributed by atoms with Crippen molar-refractivity contribution in [2.75, 3.05) is 0 Å². The third-order valence-electron chi connectivity index (χ3n) is 2.88. The van der Waals surface area contributed by atoms with E-state index in [0.717, 1.165) is 6.92 Å². The molecular weight excluding hydrogens is 311 g/mol. The first-order chi connectivity index (χ1) is 9.13. The second kappa shape index (κ2) is 5.92. The first-order valence-electron chi connectivity index (χ1n) is 5.38. The summed E-state index contributed by atoms with van der Waals surface area (Å²) in [5.41, 5.74) is -2.43. The molecule has 110 valence electrons. The molecule has 0 bridgehead atoms. The molecule has 1 aromatic rings. The highest BCUT2D eigenvalue weighted by Crippen LogP contribution is 2.33. The molecule has 0 aliphatic carbocycles. The van der Waals surface area contributed by atoms with Gasteiger partial charge in [-0.05, 0) is 0 Å². The van der Waals surface area contributed by atoms with Crippen molar-refractivity contribution in [2.24, 2.45) is 0 Å². The van der Waals surface area contributed by atoms with Crippen molar-refractivity contribution in [3.63, 3.8) is 0 Å². The van der Waals surface area contributed by atoms with E-state index in [4.69, 9.17) is 23.2 Å². The van der Waals surface area contributed by atoms with Gasteiger partial charge in [-0.2, -0.15) is 0 Å². The van der Waals surface area contributed by atoms with Gasteiger partial charge >= 0.3 is 11.4 Å². The van der Waals surface area contributed by atoms with Gasteiger partial charge in [0.25, 0.3) is 5.91 Å². The van der Waals surface area contributed by atoms with Crippen molar-refractivity contribution in [1.29, 1.82) is 0 Å². The molecule has 0 aliphatic heterocycles. The fourth-order valence-corrected chi connectivity index (χ4v) is 1.65. The molecule has 0 spiro atoms. The molecule has 7 nitrogen and oxygen atoms in total. The predicted molar refractivity (Wildman–Crippen MR) is 71.6 cm³/mol. The Kier molecular flexibility index (Phi) is 4.93.